The molecular weight excluding hydrogens is 496 g/mol. The summed E-state index contributed by atoms with van der Waals surface area (Å²) in [6, 6.07) is 1.21. The summed E-state index contributed by atoms with van der Waals surface area (Å²) in [6.07, 6.45) is 6.99. The van der Waals surface area contributed by atoms with Crippen molar-refractivity contribution in [2.45, 2.75) is 105 Å². The van der Waals surface area contributed by atoms with Crippen LogP contribution in [0.15, 0.2) is 0 Å². The first-order valence-electron chi connectivity index (χ1n) is 14.3. The van der Waals surface area contributed by atoms with Crippen molar-refractivity contribution >= 4 is 23.6 Å². The lowest BCUT2D eigenvalue weighted by Gasteiger charge is -2.30. The minimum Gasteiger partial charge on any atom is -0.373 e. The molecule has 2 amide bonds. The van der Waals surface area contributed by atoms with Crippen molar-refractivity contribution in [1.29, 1.82) is 0 Å². The van der Waals surface area contributed by atoms with Gasteiger partial charge in [0.25, 0.3) is 0 Å². The molecule has 0 aliphatic heterocycles. The highest BCUT2D eigenvalue weighted by atomic mass is 28.4. The Bertz CT molecular complexity index is 433. The Morgan fingerprint density at radius 2 is 0.750 bits per heavy atom. The molecular formula is C25H56N2O7Si2. The minimum absolute atomic E-state index is 0.175. The van der Waals surface area contributed by atoms with E-state index in [1.165, 1.54) is 0 Å². The molecule has 216 valence electrons. The Morgan fingerprint density at radius 3 is 0.972 bits per heavy atom. The third-order valence-electron chi connectivity index (χ3n) is 5.05. The molecule has 0 fully saturated rings. The summed E-state index contributed by atoms with van der Waals surface area (Å²) in [5.41, 5.74) is 0. The van der Waals surface area contributed by atoms with Crippen LogP contribution in [0.3, 0.4) is 0 Å². The predicted molar refractivity (Wildman–Crippen MR) is 149 cm³/mol. The fourth-order valence-corrected chi connectivity index (χ4v) is 8.98. The lowest BCUT2D eigenvalue weighted by molar-refractivity contribution is 0.0583. The molecule has 0 radical (unpaired) electrons. The van der Waals surface area contributed by atoms with Crippen LogP contribution < -0.4 is 10.6 Å². The van der Waals surface area contributed by atoms with Gasteiger partial charge in [-0.25, -0.2) is 4.79 Å². The normalized spacial score (nSPS) is 12.2. The van der Waals surface area contributed by atoms with E-state index in [2.05, 4.69) is 52.2 Å². The molecule has 0 spiro atoms. The molecule has 0 aliphatic carbocycles. The predicted octanol–water partition coefficient (Wildman–Crippen LogP) is 5.50. The molecule has 0 bridgehead atoms. The molecule has 0 aliphatic rings. The molecule has 0 heterocycles. The number of amides is 2. The fourth-order valence-electron chi connectivity index (χ4n) is 3.30. The maximum atomic E-state index is 12.3. The quantitative estimate of drug-likeness (QED) is 0.108. The third kappa shape index (κ3) is 17.1. The number of carbonyl (C=O) groups excluding carboxylic acids is 1. The summed E-state index contributed by atoms with van der Waals surface area (Å²) in [7, 11) is -5.45. The van der Waals surface area contributed by atoms with Crippen LogP contribution in [-0.2, 0) is 26.6 Å². The number of hydrogen-bond acceptors (Lipinski definition) is 7. The highest BCUT2D eigenvalue weighted by Crippen LogP contribution is 2.20. The van der Waals surface area contributed by atoms with Crippen molar-refractivity contribution in [2.24, 2.45) is 0 Å². The number of hydrogen-bond donors (Lipinski definition) is 2. The number of rotatable bonds is 26. The van der Waals surface area contributed by atoms with Crippen LogP contribution in [0.5, 0.6) is 0 Å². The smallest absolute Gasteiger partial charge is 0.373 e. The molecule has 0 atom stereocenters. The van der Waals surface area contributed by atoms with Crippen LogP contribution in [-0.4, -0.2) is 76.4 Å². The van der Waals surface area contributed by atoms with Crippen LogP contribution in [0.25, 0.3) is 0 Å². The molecule has 9 nitrogen and oxygen atoms in total. The monoisotopic (exact) mass is 552 g/mol. The lowest BCUT2D eigenvalue weighted by Crippen LogP contribution is -2.47. The molecule has 0 rings (SSSR count). The molecule has 0 aromatic heterocycles. The van der Waals surface area contributed by atoms with Crippen LogP contribution >= 0.6 is 0 Å². The molecule has 0 saturated carbocycles. The summed E-state index contributed by atoms with van der Waals surface area (Å²) < 4.78 is 36.7. The van der Waals surface area contributed by atoms with E-state index in [1.54, 1.807) is 0 Å². The summed E-state index contributed by atoms with van der Waals surface area (Å²) in [5, 5.41) is 5.89. The van der Waals surface area contributed by atoms with E-state index in [1.807, 2.05) is 0 Å². The van der Waals surface area contributed by atoms with E-state index in [9.17, 15) is 4.79 Å². The van der Waals surface area contributed by atoms with Crippen LogP contribution in [0.2, 0.25) is 12.1 Å². The van der Waals surface area contributed by atoms with Gasteiger partial charge in [-0.15, -0.1) is 0 Å². The zero-order valence-electron chi connectivity index (χ0n) is 24.1. The van der Waals surface area contributed by atoms with E-state index in [-0.39, 0.29) is 6.03 Å². The molecule has 11 heteroatoms. The Morgan fingerprint density at radius 1 is 0.500 bits per heavy atom. The van der Waals surface area contributed by atoms with Crippen molar-refractivity contribution in [3.8, 4) is 0 Å². The largest absolute Gasteiger partial charge is 0.501 e. The van der Waals surface area contributed by atoms with Gasteiger partial charge < -0.3 is 37.2 Å². The zero-order valence-corrected chi connectivity index (χ0v) is 26.1. The van der Waals surface area contributed by atoms with Gasteiger partial charge >= 0.3 is 23.6 Å². The van der Waals surface area contributed by atoms with Gasteiger partial charge in [-0.3, -0.25) is 0 Å². The Kier molecular flexibility index (Phi) is 23.2. The standard InChI is InChI=1S/C25H56N2O7Si2/c1-7-17-29-35(30-18-8-2,31-19-9-3)23-13-15-26-25(28)27-16-14-24-36(32-20-10-4,33-21-11-5)34-22-12-6/h7-24H2,1-6H3,(H2,26,27,28). The highest BCUT2D eigenvalue weighted by Gasteiger charge is 2.41. The van der Waals surface area contributed by atoms with Crippen LogP contribution in [0, 0.1) is 0 Å². The van der Waals surface area contributed by atoms with E-state index in [0.717, 1.165) is 51.4 Å². The van der Waals surface area contributed by atoms with Gasteiger partial charge in [0.2, 0.25) is 0 Å². The fraction of sp³-hybridized carbons (Fsp3) is 0.960. The Balaban J connectivity index is 4.58. The second-order valence-corrected chi connectivity index (χ2v) is 14.3. The molecule has 0 aromatic carbocycles. The maximum Gasteiger partial charge on any atom is 0.501 e. The van der Waals surface area contributed by atoms with Gasteiger partial charge in [-0.1, -0.05) is 41.5 Å². The average Bonchev–Trinajstić information content (AvgIpc) is 2.90. The summed E-state index contributed by atoms with van der Waals surface area (Å²) in [6.45, 7) is 17.4. The third-order valence-corrected chi connectivity index (χ3v) is 10.8. The Labute approximate surface area is 223 Å². The number of nitrogens with one attached hydrogen (secondary N) is 2. The van der Waals surface area contributed by atoms with E-state index >= 15 is 0 Å². The van der Waals surface area contributed by atoms with Gasteiger partial charge in [0.15, 0.2) is 0 Å². The molecule has 0 unspecified atom stereocenters. The first-order chi connectivity index (χ1) is 17.5. The lowest BCUT2D eigenvalue weighted by atomic mass is 10.4. The SMILES string of the molecule is CCCO[Si](CCCNC(=O)NCCC[Si](OCCC)(OCCC)OCCC)(OCCC)OCCC. The van der Waals surface area contributed by atoms with Crippen molar-refractivity contribution in [2.75, 3.05) is 52.7 Å². The summed E-state index contributed by atoms with van der Waals surface area (Å²) in [5.74, 6) is 0. The average molecular weight is 553 g/mol. The van der Waals surface area contributed by atoms with E-state index in [4.69, 9.17) is 26.6 Å². The zero-order chi connectivity index (χ0) is 27.0. The molecule has 36 heavy (non-hydrogen) atoms. The maximum absolute atomic E-state index is 12.3. The van der Waals surface area contributed by atoms with Crippen molar-refractivity contribution in [3.63, 3.8) is 0 Å². The van der Waals surface area contributed by atoms with Crippen LogP contribution in [0.4, 0.5) is 4.79 Å². The first kappa shape index (κ1) is 35.5. The molecule has 0 saturated heterocycles. The van der Waals surface area contributed by atoms with Crippen molar-refractivity contribution in [3.05, 3.63) is 0 Å². The van der Waals surface area contributed by atoms with Crippen molar-refractivity contribution < 1.29 is 31.4 Å². The summed E-state index contributed by atoms with van der Waals surface area (Å²) >= 11 is 0. The first-order valence-corrected chi connectivity index (χ1v) is 18.2. The number of carbonyl (C=O) groups is 1. The topological polar surface area (TPSA) is 96.5 Å². The van der Waals surface area contributed by atoms with E-state index < -0.39 is 17.6 Å². The van der Waals surface area contributed by atoms with Gasteiger partial charge in [-0.2, -0.15) is 0 Å². The number of urea groups is 1. The highest BCUT2D eigenvalue weighted by molar-refractivity contribution is 6.61. The summed E-state index contributed by atoms with van der Waals surface area (Å²) in [4.78, 5) is 12.3. The van der Waals surface area contributed by atoms with Gasteiger partial charge in [0.05, 0.1) is 0 Å². The molecule has 2 N–H and O–H groups in total. The molecule has 0 aromatic rings. The van der Waals surface area contributed by atoms with Crippen molar-refractivity contribution in [1.82, 2.24) is 10.6 Å². The Hall–Kier alpha value is -0.536. The van der Waals surface area contributed by atoms with E-state index in [0.29, 0.717) is 64.8 Å². The van der Waals surface area contributed by atoms with Gasteiger partial charge in [0, 0.05) is 64.8 Å². The minimum atomic E-state index is -2.73. The second kappa shape index (κ2) is 23.6. The van der Waals surface area contributed by atoms with Gasteiger partial charge in [0.1, 0.15) is 0 Å². The van der Waals surface area contributed by atoms with Crippen LogP contribution in [0.1, 0.15) is 92.9 Å². The second-order valence-electron chi connectivity index (χ2n) is 8.85. The van der Waals surface area contributed by atoms with Gasteiger partial charge in [-0.05, 0) is 51.4 Å².